The van der Waals surface area contributed by atoms with Crippen LogP contribution >= 0.6 is 0 Å². The molecule has 9 heteroatoms. The van der Waals surface area contributed by atoms with Gasteiger partial charge in [0.15, 0.2) is 5.82 Å². The lowest BCUT2D eigenvalue weighted by Crippen LogP contribution is -2.25. The van der Waals surface area contributed by atoms with E-state index in [1.807, 2.05) is 6.92 Å². The smallest absolute Gasteiger partial charge is 0.245 e. The average Bonchev–Trinajstić information content (AvgIpc) is 2.70. The van der Waals surface area contributed by atoms with Crippen molar-refractivity contribution in [1.29, 1.82) is 0 Å². The fourth-order valence-corrected chi connectivity index (χ4v) is 2.64. The van der Waals surface area contributed by atoms with E-state index in [1.165, 1.54) is 10.9 Å². The number of unbranched alkanes of at least 4 members (excludes halogenated alkanes) is 1. The summed E-state index contributed by atoms with van der Waals surface area (Å²) in [6.45, 7) is 2.60. The molecule has 0 aliphatic heterocycles. The molecule has 0 atom stereocenters. The van der Waals surface area contributed by atoms with Gasteiger partial charge in [0, 0.05) is 25.7 Å². The standard InChI is InChI=1S/C10H19N5O3S/c1-2-15-7-8(10(12)14-15)19(17,18)13-6-4-3-5-9(11)16/h7,13H,2-6H2,1H3,(H2,11,16)(H2,12,14). The summed E-state index contributed by atoms with van der Waals surface area (Å²) in [6.07, 6.45) is 2.71. The molecule has 0 aliphatic rings. The Hall–Kier alpha value is -1.61. The van der Waals surface area contributed by atoms with Gasteiger partial charge in [-0.05, 0) is 19.8 Å². The summed E-state index contributed by atoms with van der Waals surface area (Å²) >= 11 is 0. The summed E-state index contributed by atoms with van der Waals surface area (Å²) in [5.41, 5.74) is 10.5. The Morgan fingerprint density at radius 2 is 2.16 bits per heavy atom. The van der Waals surface area contributed by atoms with Gasteiger partial charge in [-0.3, -0.25) is 9.48 Å². The summed E-state index contributed by atoms with van der Waals surface area (Å²) in [5.74, 6) is -0.414. The first-order chi connectivity index (χ1) is 8.86. The highest BCUT2D eigenvalue weighted by atomic mass is 32.2. The summed E-state index contributed by atoms with van der Waals surface area (Å²) in [5, 5.41) is 3.88. The number of carbonyl (C=O) groups excluding carboxylic acids is 1. The van der Waals surface area contributed by atoms with Gasteiger partial charge in [-0.25, -0.2) is 13.1 Å². The number of nitrogens with one attached hydrogen (secondary N) is 1. The lowest BCUT2D eigenvalue weighted by Gasteiger charge is -2.04. The third-order valence-corrected chi connectivity index (χ3v) is 3.99. The van der Waals surface area contributed by atoms with Crippen molar-refractivity contribution in [2.45, 2.75) is 37.6 Å². The maximum Gasteiger partial charge on any atom is 0.245 e. The number of anilines is 1. The van der Waals surface area contributed by atoms with Gasteiger partial charge in [0.1, 0.15) is 4.90 Å². The molecule has 19 heavy (non-hydrogen) atoms. The fraction of sp³-hybridized carbons (Fsp3) is 0.600. The highest BCUT2D eigenvalue weighted by Crippen LogP contribution is 2.15. The number of amides is 1. The number of sulfonamides is 1. The molecule has 5 N–H and O–H groups in total. The number of aryl methyl sites for hydroxylation is 1. The Labute approximate surface area is 112 Å². The monoisotopic (exact) mass is 289 g/mol. The average molecular weight is 289 g/mol. The Morgan fingerprint density at radius 1 is 1.47 bits per heavy atom. The predicted molar refractivity (Wildman–Crippen MR) is 70.5 cm³/mol. The first kappa shape index (κ1) is 15.4. The van der Waals surface area contributed by atoms with Gasteiger partial charge in [-0.1, -0.05) is 0 Å². The minimum atomic E-state index is -3.66. The normalized spacial score (nSPS) is 11.6. The van der Waals surface area contributed by atoms with Crippen LogP contribution in [-0.4, -0.2) is 30.7 Å². The van der Waals surface area contributed by atoms with Crippen LogP contribution in [0, 0.1) is 0 Å². The third kappa shape index (κ3) is 4.52. The van der Waals surface area contributed by atoms with E-state index in [4.69, 9.17) is 11.5 Å². The van der Waals surface area contributed by atoms with Crippen LogP contribution in [-0.2, 0) is 21.4 Å². The van der Waals surface area contributed by atoms with Crippen LogP contribution in [0.2, 0.25) is 0 Å². The number of aromatic nitrogens is 2. The second kappa shape index (κ2) is 6.53. The Balaban J connectivity index is 2.56. The number of rotatable bonds is 8. The highest BCUT2D eigenvalue weighted by Gasteiger charge is 2.20. The van der Waals surface area contributed by atoms with Gasteiger partial charge in [0.2, 0.25) is 15.9 Å². The number of hydrogen-bond acceptors (Lipinski definition) is 5. The number of nitrogens with two attached hydrogens (primary N) is 2. The number of nitrogens with zero attached hydrogens (tertiary/aromatic N) is 2. The van der Waals surface area contributed by atoms with Crippen LogP contribution in [0.25, 0.3) is 0 Å². The number of nitrogen functional groups attached to an aromatic ring is 1. The predicted octanol–water partition coefficient (Wildman–Crippen LogP) is -0.581. The molecule has 1 rings (SSSR count). The molecule has 108 valence electrons. The van der Waals surface area contributed by atoms with Gasteiger partial charge >= 0.3 is 0 Å². The van der Waals surface area contributed by atoms with Crippen molar-refractivity contribution in [1.82, 2.24) is 14.5 Å². The molecule has 0 spiro atoms. The Bertz CT molecular complexity index is 537. The quantitative estimate of drug-likeness (QED) is 0.550. The zero-order chi connectivity index (χ0) is 14.5. The van der Waals surface area contributed by atoms with Crippen molar-refractivity contribution >= 4 is 21.7 Å². The third-order valence-electron chi connectivity index (χ3n) is 2.51. The van der Waals surface area contributed by atoms with E-state index in [-0.39, 0.29) is 23.7 Å². The van der Waals surface area contributed by atoms with Gasteiger partial charge in [-0.2, -0.15) is 5.10 Å². The zero-order valence-corrected chi connectivity index (χ0v) is 11.6. The number of primary amides is 1. The van der Waals surface area contributed by atoms with E-state index >= 15 is 0 Å². The lowest BCUT2D eigenvalue weighted by molar-refractivity contribution is -0.118. The summed E-state index contributed by atoms with van der Waals surface area (Å²) in [7, 11) is -3.66. The molecule has 0 fully saturated rings. The second-order valence-corrected chi connectivity index (χ2v) is 5.79. The molecule has 1 aromatic heterocycles. The van der Waals surface area contributed by atoms with Gasteiger partial charge in [0.05, 0.1) is 0 Å². The first-order valence-electron chi connectivity index (χ1n) is 5.97. The molecule has 1 aromatic rings. The van der Waals surface area contributed by atoms with Crippen LogP contribution in [0.5, 0.6) is 0 Å². The van der Waals surface area contributed by atoms with E-state index in [9.17, 15) is 13.2 Å². The van der Waals surface area contributed by atoms with Crippen LogP contribution in [0.1, 0.15) is 26.2 Å². The summed E-state index contributed by atoms with van der Waals surface area (Å²) in [4.78, 5) is 10.5. The van der Waals surface area contributed by atoms with E-state index in [2.05, 4.69) is 9.82 Å². The summed E-state index contributed by atoms with van der Waals surface area (Å²) < 4.78 is 27.8. The fourth-order valence-electron chi connectivity index (χ4n) is 1.50. The maximum absolute atomic E-state index is 11.9. The van der Waals surface area contributed by atoms with Crippen molar-refractivity contribution in [3.63, 3.8) is 0 Å². The van der Waals surface area contributed by atoms with Gasteiger partial charge in [0.25, 0.3) is 0 Å². The largest absolute Gasteiger partial charge is 0.381 e. The molecule has 0 unspecified atom stereocenters. The second-order valence-electron chi connectivity index (χ2n) is 4.06. The van der Waals surface area contributed by atoms with E-state index in [0.29, 0.717) is 19.4 Å². The van der Waals surface area contributed by atoms with Crippen LogP contribution < -0.4 is 16.2 Å². The first-order valence-corrected chi connectivity index (χ1v) is 7.46. The number of hydrogen-bond donors (Lipinski definition) is 3. The molecule has 0 aromatic carbocycles. The molecule has 8 nitrogen and oxygen atoms in total. The molecular weight excluding hydrogens is 270 g/mol. The summed E-state index contributed by atoms with van der Waals surface area (Å²) in [6, 6.07) is 0. The van der Waals surface area contributed by atoms with Crippen LogP contribution in [0.3, 0.4) is 0 Å². The topological polar surface area (TPSA) is 133 Å². The molecular formula is C10H19N5O3S. The number of carbonyl (C=O) groups is 1. The van der Waals surface area contributed by atoms with Crippen molar-refractivity contribution in [3.05, 3.63) is 6.20 Å². The Morgan fingerprint density at radius 3 is 2.68 bits per heavy atom. The maximum atomic E-state index is 11.9. The molecule has 0 bridgehead atoms. The van der Waals surface area contributed by atoms with Crippen molar-refractivity contribution in [3.8, 4) is 0 Å². The molecule has 1 amide bonds. The van der Waals surface area contributed by atoms with Crippen molar-refractivity contribution < 1.29 is 13.2 Å². The molecule has 1 heterocycles. The van der Waals surface area contributed by atoms with E-state index < -0.39 is 15.9 Å². The van der Waals surface area contributed by atoms with E-state index in [0.717, 1.165) is 0 Å². The Kier molecular flexibility index (Phi) is 5.31. The SMILES string of the molecule is CCn1cc(S(=O)(=O)NCCCCC(N)=O)c(N)n1. The molecule has 0 radical (unpaired) electrons. The van der Waals surface area contributed by atoms with Crippen molar-refractivity contribution in [2.24, 2.45) is 5.73 Å². The van der Waals surface area contributed by atoms with Gasteiger partial charge in [-0.15, -0.1) is 0 Å². The van der Waals surface area contributed by atoms with E-state index in [1.54, 1.807) is 0 Å². The van der Waals surface area contributed by atoms with Crippen molar-refractivity contribution in [2.75, 3.05) is 12.3 Å². The minimum absolute atomic E-state index is 0.0218. The molecule has 0 saturated heterocycles. The molecule has 0 aliphatic carbocycles. The van der Waals surface area contributed by atoms with Crippen LogP contribution in [0.15, 0.2) is 11.1 Å². The zero-order valence-electron chi connectivity index (χ0n) is 10.8. The van der Waals surface area contributed by atoms with Crippen LogP contribution in [0.4, 0.5) is 5.82 Å². The van der Waals surface area contributed by atoms with Gasteiger partial charge < -0.3 is 11.5 Å². The lowest BCUT2D eigenvalue weighted by atomic mass is 10.2. The minimum Gasteiger partial charge on any atom is -0.381 e. The highest BCUT2D eigenvalue weighted by molar-refractivity contribution is 7.89. The molecule has 0 saturated carbocycles.